The minimum absolute atomic E-state index is 0.163. The van der Waals surface area contributed by atoms with E-state index in [4.69, 9.17) is 9.47 Å². The van der Waals surface area contributed by atoms with Gasteiger partial charge in [0.1, 0.15) is 12.1 Å². The summed E-state index contributed by atoms with van der Waals surface area (Å²) in [6.07, 6.45) is 1.86. The molecular formula is C18H34N2O4. The number of carbonyl (C=O) groups is 2. The molecule has 0 N–H and O–H groups in total. The van der Waals surface area contributed by atoms with Crippen molar-refractivity contribution in [2.75, 3.05) is 40.4 Å². The Hall–Kier alpha value is -1.14. The molecule has 0 spiro atoms. The molecule has 1 heterocycles. The van der Waals surface area contributed by atoms with E-state index in [0.717, 1.165) is 39.0 Å². The highest BCUT2D eigenvalue weighted by Gasteiger charge is 2.37. The Morgan fingerprint density at radius 1 is 0.792 bits per heavy atom. The van der Waals surface area contributed by atoms with Gasteiger partial charge >= 0.3 is 11.9 Å². The molecule has 0 aliphatic carbocycles. The summed E-state index contributed by atoms with van der Waals surface area (Å²) >= 11 is 0. The van der Waals surface area contributed by atoms with Gasteiger partial charge in [0, 0.05) is 26.2 Å². The van der Waals surface area contributed by atoms with Gasteiger partial charge in [0.25, 0.3) is 0 Å². The Labute approximate surface area is 146 Å². The second-order valence-electron chi connectivity index (χ2n) is 6.78. The Balaban J connectivity index is 2.78. The highest BCUT2D eigenvalue weighted by Crippen LogP contribution is 2.22. The zero-order valence-electron chi connectivity index (χ0n) is 16.1. The van der Waals surface area contributed by atoms with Gasteiger partial charge in [-0.25, -0.2) is 0 Å². The van der Waals surface area contributed by atoms with Crippen molar-refractivity contribution in [2.45, 2.75) is 52.6 Å². The van der Waals surface area contributed by atoms with Gasteiger partial charge in [-0.3, -0.25) is 19.4 Å². The van der Waals surface area contributed by atoms with E-state index < -0.39 is 0 Å². The average molecular weight is 342 g/mol. The Morgan fingerprint density at radius 2 is 1.08 bits per heavy atom. The van der Waals surface area contributed by atoms with E-state index in [0.29, 0.717) is 0 Å². The SMILES string of the molecule is CC[C@@H](C)[C@@H](C(=O)OC)N1CCN([C@@H](C(=O)OC)[C@@H](C)CC)CC1. The van der Waals surface area contributed by atoms with E-state index in [-0.39, 0.29) is 35.9 Å². The molecule has 1 aliphatic heterocycles. The number of hydrogen-bond acceptors (Lipinski definition) is 6. The van der Waals surface area contributed by atoms with Crippen molar-refractivity contribution >= 4 is 11.9 Å². The lowest BCUT2D eigenvalue weighted by molar-refractivity contribution is -0.154. The van der Waals surface area contributed by atoms with Crippen molar-refractivity contribution in [1.82, 2.24) is 9.80 Å². The fourth-order valence-electron chi connectivity index (χ4n) is 3.46. The van der Waals surface area contributed by atoms with E-state index in [1.165, 1.54) is 14.2 Å². The molecule has 1 rings (SSSR count). The van der Waals surface area contributed by atoms with Crippen LogP contribution in [0.25, 0.3) is 0 Å². The largest absolute Gasteiger partial charge is 0.468 e. The van der Waals surface area contributed by atoms with Crippen molar-refractivity contribution < 1.29 is 19.1 Å². The zero-order chi connectivity index (χ0) is 18.3. The number of methoxy groups -OCH3 is 2. The summed E-state index contributed by atoms with van der Waals surface area (Å²) in [7, 11) is 2.90. The molecular weight excluding hydrogens is 308 g/mol. The number of nitrogens with zero attached hydrogens (tertiary/aromatic N) is 2. The molecule has 0 amide bonds. The first-order valence-electron chi connectivity index (χ1n) is 9.04. The summed E-state index contributed by atoms with van der Waals surface area (Å²) in [5, 5.41) is 0. The molecule has 0 aromatic heterocycles. The van der Waals surface area contributed by atoms with Gasteiger partial charge in [0.15, 0.2) is 0 Å². The molecule has 0 bridgehead atoms. The van der Waals surface area contributed by atoms with E-state index in [1.807, 2.05) is 0 Å². The quantitative estimate of drug-likeness (QED) is 0.627. The van der Waals surface area contributed by atoms with Crippen molar-refractivity contribution in [3.63, 3.8) is 0 Å². The third-order valence-corrected chi connectivity index (χ3v) is 5.39. The van der Waals surface area contributed by atoms with Crippen LogP contribution >= 0.6 is 0 Å². The fourth-order valence-corrected chi connectivity index (χ4v) is 3.46. The van der Waals surface area contributed by atoms with Gasteiger partial charge in [-0.15, -0.1) is 0 Å². The summed E-state index contributed by atoms with van der Waals surface area (Å²) in [4.78, 5) is 28.8. The van der Waals surface area contributed by atoms with Crippen LogP contribution in [0.4, 0.5) is 0 Å². The Bertz CT molecular complexity index is 370. The number of carbonyl (C=O) groups excluding carboxylic acids is 2. The summed E-state index contributed by atoms with van der Waals surface area (Å²) < 4.78 is 10.0. The summed E-state index contributed by atoms with van der Waals surface area (Å²) in [5.74, 6) is 0.165. The van der Waals surface area contributed by atoms with E-state index in [1.54, 1.807) is 0 Å². The third kappa shape index (κ3) is 4.93. The number of hydrogen-bond donors (Lipinski definition) is 0. The molecule has 6 heteroatoms. The summed E-state index contributed by atoms with van der Waals surface area (Å²) in [6, 6.07) is -0.412. The van der Waals surface area contributed by atoms with Crippen LogP contribution in [-0.2, 0) is 19.1 Å². The minimum Gasteiger partial charge on any atom is -0.468 e. The van der Waals surface area contributed by atoms with E-state index in [9.17, 15) is 9.59 Å². The second-order valence-corrected chi connectivity index (χ2v) is 6.78. The third-order valence-electron chi connectivity index (χ3n) is 5.39. The first-order chi connectivity index (χ1) is 11.4. The second kappa shape index (κ2) is 9.99. The van der Waals surface area contributed by atoms with Crippen LogP contribution in [-0.4, -0.2) is 74.2 Å². The Morgan fingerprint density at radius 3 is 1.29 bits per heavy atom. The van der Waals surface area contributed by atoms with Crippen molar-refractivity contribution in [3.8, 4) is 0 Å². The summed E-state index contributed by atoms with van der Waals surface area (Å²) in [6.45, 7) is 11.4. The van der Waals surface area contributed by atoms with Crippen LogP contribution in [0, 0.1) is 11.8 Å². The predicted molar refractivity (Wildman–Crippen MR) is 93.7 cm³/mol. The van der Waals surface area contributed by atoms with Crippen molar-refractivity contribution in [3.05, 3.63) is 0 Å². The molecule has 1 saturated heterocycles. The van der Waals surface area contributed by atoms with Gasteiger partial charge in [-0.1, -0.05) is 40.5 Å². The monoisotopic (exact) mass is 342 g/mol. The molecule has 0 aromatic rings. The maximum Gasteiger partial charge on any atom is 0.323 e. The summed E-state index contributed by atoms with van der Waals surface area (Å²) in [5.41, 5.74) is 0. The normalized spacial score (nSPS) is 21.6. The molecule has 0 aromatic carbocycles. The smallest absolute Gasteiger partial charge is 0.323 e. The van der Waals surface area contributed by atoms with Crippen LogP contribution in [0.5, 0.6) is 0 Å². The predicted octanol–water partition coefficient (Wildman–Crippen LogP) is 1.78. The average Bonchev–Trinajstić information content (AvgIpc) is 2.62. The van der Waals surface area contributed by atoms with Crippen LogP contribution < -0.4 is 0 Å². The molecule has 24 heavy (non-hydrogen) atoms. The van der Waals surface area contributed by atoms with Crippen LogP contribution in [0.1, 0.15) is 40.5 Å². The highest BCUT2D eigenvalue weighted by molar-refractivity contribution is 5.76. The minimum atomic E-state index is -0.206. The van der Waals surface area contributed by atoms with E-state index >= 15 is 0 Å². The van der Waals surface area contributed by atoms with Gasteiger partial charge in [0.05, 0.1) is 14.2 Å². The first kappa shape index (κ1) is 20.9. The van der Waals surface area contributed by atoms with Crippen molar-refractivity contribution in [2.24, 2.45) is 11.8 Å². The van der Waals surface area contributed by atoms with Gasteiger partial charge < -0.3 is 9.47 Å². The molecule has 0 unspecified atom stereocenters. The van der Waals surface area contributed by atoms with Gasteiger partial charge in [-0.2, -0.15) is 0 Å². The molecule has 1 aliphatic rings. The zero-order valence-corrected chi connectivity index (χ0v) is 16.1. The molecule has 4 atom stereocenters. The lowest BCUT2D eigenvalue weighted by Gasteiger charge is -2.43. The van der Waals surface area contributed by atoms with Crippen LogP contribution in [0.2, 0.25) is 0 Å². The van der Waals surface area contributed by atoms with Crippen LogP contribution in [0.15, 0.2) is 0 Å². The molecule has 0 saturated carbocycles. The van der Waals surface area contributed by atoms with Crippen molar-refractivity contribution in [1.29, 1.82) is 0 Å². The topological polar surface area (TPSA) is 59.1 Å². The number of esters is 2. The van der Waals surface area contributed by atoms with E-state index in [2.05, 4.69) is 37.5 Å². The van der Waals surface area contributed by atoms with Gasteiger partial charge in [-0.05, 0) is 11.8 Å². The maximum atomic E-state index is 12.2. The number of ether oxygens (including phenoxy) is 2. The Kier molecular flexibility index (Phi) is 8.70. The lowest BCUT2D eigenvalue weighted by atomic mass is 9.95. The molecule has 6 nitrogen and oxygen atoms in total. The molecule has 0 radical (unpaired) electrons. The number of rotatable bonds is 8. The highest BCUT2D eigenvalue weighted by atomic mass is 16.5. The lowest BCUT2D eigenvalue weighted by Crippen LogP contribution is -2.59. The standard InChI is InChI=1S/C18H34N2O4/c1-7-13(3)15(17(21)23-5)19-9-11-20(12-10-19)16(14(4)8-2)18(22)24-6/h13-16H,7-12H2,1-6H3/t13-,14+,15+,16-. The molecule has 1 fully saturated rings. The van der Waals surface area contributed by atoms with Crippen LogP contribution in [0.3, 0.4) is 0 Å². The first-order valence-corrected chi connectivity index (χ1v) is 9.04. The van der Waals surface area contributed by atoms with Gasteiger partial charge in [0.2, 0.25) is 0 Å². The number of piperazine rings is 1. The fraction of sp³-hybridized carbons (Fsp3) is 0.889. The maximum absolute atomic E-state index is 12.2. The molecule has 140 valence electrons.